The maximum absolute atomic E-state index is 12.8. The Bertz CT molecular complexity index is 725. The summed E-state index contributed by atoms with van der Waals surface area (Å²) in [5.41, 5.74) is 3.39. The summed E-state index contributed by atoms with van der Waals surface area (Å²) in [5.74, 6) is -0.248. The van der Waals surface area contributed by atoms with Crippen LogP contribution >= 0.6 is 11.3 Å². The fourth-order valence-corrected chi connectivity index (χ4v) is 3.55. The number of amides is 2. The first-order valence-electron chi connectivity index (χ1n) is 7.81. The highest BCUT2D eigenvalue weighted by atomic mass is 32.1. The first-order valence-corrected chi connectivity index (χ1v) is 8.69. The highest BCUT2D eigenvalue weighted by Crippen LogP contribution is 2.28. The van der Waals surface area contributed by atoms with Crippen molar-refractivity contribution in [3.05, 3.63) is 51.7 Å². The van der Waals surface area contributed by atoms with Gasteiger partial charge in [-0.25, -0.2) is 0 Å². The van der Waals surface area contributed by atoms with Crippen LogP contribution in [0.25, 0.3) is 0 Å². The predicted molar refractivity (Wildman–Crippen MR) is 93.1 cm³/mol. The first-order chi connectivity index (χ1) is 11.1. The highest BCUT2D eigenvalue weighted by Gasteiger charge is 2.27. The maximum atomic E-state index is 12.8. The molecule has 2 heterocycles. The molecule has 0 radical (unpaired) electrons. The molecule has 5 heteroatoms. The highest BCUT2D eigenvalue weighted by molar-refractivity contribution is 7.12. The lowest BCUT2D eigenvalue weighted by Crippen LogP contribution is -2.48. The van der Waals surface area contributed by atoms with Crippen molar-refractivity contribution in [1.29, 1.82) is 0 Å². The molecule has 3 rings (SSSR count). The lowest BCUT2D eigenvalue weighted by molar-refractivity contribution is -0.120. The minimum absolute atomic E-state index is 0.0558. The molecule has 4 nitrogen and oxygen atoms in total. The van der Waals surface area contributed by atoms with Gasteiger partial charge in [-0.1, -0.05) is 23.8 Å². The van der Waals surface area contributed by atoms with Crippen LogP contribution in [-0.4, -0.2) is 24.4 Å². The van der Waals surface area contributed by atoms with Crippen LogP contribution in [0.1, 0.15) is 34.1 Å². The second kappa shape index (κ2) is 6.54. The molecule has 1 atom stereocenters. The fourth-order valence-electron chi connectivity index (χ4n) is 2.93. The van der Waals surface area contributed by atoms with Crippen LogP contribution in [0.2, 0.25) is 0 Å². The summed E-state index contributed by atoms with van der Waals surface area (Å²) in [6.45, 7) is 4.51. The molecule has 0 saturated carbocycles. The number of fused-ring (bicyclic) bond motifs is 1. The Labute approximate surface area is 140 Å². The third-order valence-electron chi connectivity index (χ3n) is 4.08. The number of thiophene rings is 1. The van der Waals surface area contributed by atoms with Gasteiger partial charge < -0.3 is 10.2 Å². The molecule has 1 aliphatic heterocycles. The number of benzene rings is 1. The number of carbonyl (C=O) groups excluding carboxylic acids is 2. The van der Waals surface area contributed by atoms with E-state index in [0.29, 0.717) is 11.4 Å². The number of nitrogens with one attached hydrogen (secondary N) is 1. The molecule has 0 spiro atoms. The van der Waals surface area contributed by atoms with Crippen LogP contribution in [-0.2, 0) is 11.2 Å². The van der Waals surface area contributed by atoms with Gasteiger partial charge in [-0.3, -0.25) is 9.59 Å². The van der Waals surface area contributed by atoms with E-state index < -0.39 is 6.04 Å². The van der Waals surface area contributed by atoms with E-state index in [-0.39, 0.29) is 11.8 Å². The van der Waals surface area contributed by atoms with Gasteiger partial charge >= 0.3 is 0 Å². The lowest BCUT2D eigenvalue weighted by atomic mass is 9.99. The molecular formula is C18H20N2O2S. The Balaban J connectivity index is 1.75. The summed E-state index contributed by atoms with van der Waals surface area (Å²) in [5, 5.41) is 4.65. The van der Waals surface area contributed by atoms with Crippen LogP contribution in [0.5, 0.6) is 0 Å². The van der Waals surface area contributed by atoms with Crippen LogP contribution in [0.4, 0.5) is 5.69 Å². The number of aryl methyl sites for hydroxylation is 2. The average Bonchev–Trinajstić information content (AvgIpc) is 3.07. The van der Waals surface area contributed by atoms with Crippen molar-refractivity contribution in [3.63, 3.8) is 0 Å². The fraction of sp³-hybridized carbons (Fsp3) is 0.333. The Kier molecular flexibility index (Phi) is 4.48. The zero-order valence-corrected chi connectivity index (χ0v) is 14.2. The van der Waals surface area contributed by atoms with Gasteiger partial charge in [-0.2, -0.15) is 0 Å². The van der Waals surface area contributed by atoms with Gasteiger partial charge in [0, 0.05) is 12.2 Å². The van der Waals surface area contributed by atoms with Crippen LogP contribution in [0.3, 0.4) is 0 Å². The van der Waals surface area contributed by atoms with Gasteiger partial charge in [-0.05, 0) is 49.8 Å². The molecule has 0 fully saturated rings. The van der Waals surface area contributed by atoms with E-state index in [1.54, 1.807) is 17.9 Å². The van der Waals surface area contributed by atoms with Crippen LogP contribution < -0.4 is 10.2 Å². The molecule has 0 bridgehead atoms. The van der Waals surface area contributed by atoms with Gasteiger partial charge in [-0.15, -0.1) is 11.3 Å². The molecule has 2 aromatic rings. The SMILES string of the molecule is Cc1ccc2c(c1)CCCN2C(=O)C(C)NC(=O)c1cccs1. The van der Waals surface area contributed by atoms with E-state index >= 15 is 0 Å². The average molecular weight is 328 g/mol. The number of anilines is 1. The molecule has 0 aliphatic carbocycles. The third-order valence-corrected chi connectivity index (χ3v) is 4.95. The van der Waals surface area contributed by atoms with Gasteiger partial charge in [0.25, 0.3) is 5.91 Å². The molecule has 0 saturated heterocycles. The molecule has 1 unspecified atom stereocenters. The molecule has 120 valence electrons. The Morgan fingerprint density at radius 3 is 2.87 bits per heavy atom. The first kappa shape index (κ1) is 15.7. The van der Waals surface area contributed by atoms with E-state index in [1.165, 1.54) is 22.5 Å². The summed E-state index contributed by atoms with van der Waals surface area (Å²) in [4.78, 5) is 27.3. The Morgan fingerprint density at radius 2 is 2.13 bits per heavy atom. The van der Waals surface area contributed by atoms with Crippen molar-refractivity contribution in [2.75, 3.05) is 11.4 Å². The van der Waals surface area contributed by atoms with Gasteiger partial charge in [0.2, 0.25) is 5.91 Å². The number of rotatable bonds is 3. The number of hydrogen-bond acceptors (Lipinski definition) is 3. The smallest absolute Gasteiger partial charge is 0.261 e. The van der Waals surface area contributed by atoms with E-state index in [4.69, 9.17) is 0 Å². The van der Waals surface area contributed by atoms with Gasteiger partial charge in [0.1, 0.15) is 6.04 Å². The largest absolute Gasteiger partial charge is 0.340 e. The molecule has 1 aromatic carbocycles. The van der Waals surface area contributed by atoms with Crippen LogP contribution in [0.15, 0.2) is 35.7 Å². The molecule has 1 aromatic heterocycles. The molecule has 1 aliphatic rings. The standard InChI is InChI=1S/C18H20N2O2S/c1-12-7-8-15-14(11-12)5-3-9-20(15)18(22)13(2)19-17(21)16-6-4-10-23-16/h4,6-8,10-11,13H,3,5,9H2,1-2H3,(H,19,21). The Hall–Kier alpha value is -2.14. The number of nitrogens with zero attached hydrogens (tertiary/aromatic N) is 1. The summed E-state index contributed by atoms with van der Waals surface area (Å²) < 4.78 is 0. The topological polar surface area (TPSA) is 49.4 Å². The molecular weight excluding hydrogens is 308 g/mol. The minimum Gasteiger partial charge on any atom is -0.340 e. The van der Waals surface area contributed by atoms with E-state index in [1.807, 2.05) is 23.6 Å². The zero-order valence-electron chi connectivity index (χ0n) is 13.3. The molecule has 1 N–H and O–H groups in total. The second-order valence-electron chi connectivity index (χ2n) is 5.90. The van der Waals surface area contributed by atoms with E-state index in [9.17, 15) is 9.59 Å². The number of hydrogen-bond donors (Lipinski definition) is 1. The van der Waals surface area contributed by atoms with Crippen molar-refractivity contribution in [2.45, 2.75) is 32.7 Å². The maximum Gasteiger partial charge on any atom is 0.261 e. The van der Waals surface area contributed by atoms with Crippen molar-refractivity contribution in [3.8, 4) is 0 Å². The quantitative estimate of drug-likeness (QED) is 0.941. The van der Waals surface area contributed by atoms with E-state index in [2.05, 4.69) is 18.3 Å². The molecule has 2 amide bonds. The zero-order chi connectivity index (χ0) is 16.4. The van der Waals surface area contributed by atoms with Crippen molar-refractivity contribution in [1.82, 2.24) is 5.32 Å². The third kappa shape index (κ3) is 3.29. The Morgan fingerprint density at radius 1 is 1.30 bits per heavy atom. The number of carbonyl (C=O) groups is 2. The summed E-state index contributed by atoms with van der Waals surface area (Å²) >= 11 is 1.37. The van der Waals surface area contributed by atoms with Crippen molar-refractivity contribution in [2.24, 2.45) is 0 Å². The van der Waals surface area contributed by atoms with Gasteiger partial charge in [0.05, 0.1) is 4.88 Å². The summed E-state index contributed by atoms with van der Waals surface area (Å²) in [7, 11) is 0. The normalized spacial score (nSPS) is 15.0. The predicted octanol–water partition coefficient (Wildman–Crippen LogP) is 3.15. The monoisotopic (exact) mass is 328 g/mol. The van der Waals surface area contributed by atoms with Crippen LogP contribution in [0, 0.1) is 6.92 Å². The van der Waals surface area contributed by atoms with Gasteiger partial charge in [0.15, 0.2) is 0 Å². The summed E-state index contributed by atoms with van der Waals surface area (Å²) in [6.07, 6.45) is 1.95. The van der Waals surface area contributed by atoms with Crippen molar-refractivity contribution >= 4 is 28.8 Å². The second-order valence-corrected chi connectivity index (χ2v) is 6.85. The summed E-state index contributed by atoms with van der Waals surface area (Å²) in [6, 6.07) is 9.22. The molecule has 23 heavy (non-hydrogen) atoms. The van der Waals surface area contributed by atoms with E-state index in [0.717, 1.165) is 18.5 Å². The minimum atomic E-state index is -0.545. The van der Waals surface area contributed by atoms with Crippen molar-refractivity contribution < 1.29 is 9.59 Å². The lowest BCUT2D eigenvalue weighted by Gasteiger charge is -2.32.